The number of carbonyl (C=O) groups is 1. The number of H-pyrrole nitrogens is 1. The molecule has 0 saturated carbocycles. The van der Waals surface area contributed by atoms with E-state index in [1.54, 1.807) is 12.3 Å². The molecule has 0 aromatic carbocycles. The van der Waals surface area contributed by atoms with Crippen LogP contribution in [0.15, 0.2) is 39.7 Å². The van der Waals surface area contributed by atoms with Gasteiger partial charge >= 0.3 is 0 Å². The Labute approximate surface area is 103 Å². The van der Waals surface area contributed by atoms with E-state index in [-0.39, 0.29) is 23.2 Å². The van der Waals surface area contributed by atoms with Gasteiger partial charge in [-0.05, 0) is 25.1 Å². The quantitative estimate of drug-likeness (QED) is 0.833. The molecule has 1 unspecified atom stereocenters. The highest BCUT2D eigenvalue weighted by atomic mass is 16.3. The summed E-state index contributed by atoms with van der Waals surface area (Å²) in [7, 11) is 0. The summed E-state index contributed by atoms with van der Waals surface area (Å²) in [4.78, 5) is 22.6. The van der Waals surface area contributed by atoms with Gasteiger partial charge in [-0.25, -0.2) is 5.10 Å². The second kappa shape index (κ2) is 5.31. The lowest BCUT2D eigenvalue weighted by Gasteiger charge is -2.11. The SMILES string of the molecule is CC(Cc1ccco1)NC(=O)c1ccc(=O)[nH]n1. The number of nitrogens with one attached hydrogen (secondary N) is 2. The van der Waals surface area contributed by atoms with Gasteiger partial charge in [0.2, 0.25) is 0 Å². The van der Waals surface area contributed by atoms with Crippen LogP contribution in [0.4, 0.5) is 0 Å². The molecule has 2 aromatic heterocycles. The van der Waals surface area contributed by atoms with E-state index in [1.165, 1.54) is 12.1 Å². The molecular formula is C12H13N3O3. The van der Waals surface area contributed by atoms with Crippen LogP contribution in [0.25, 0.3) is 0 Å². The zero-order valence-electron chi connectivity index (χ0n) is 9.84. The van der Waals surface area contributed by atoms with Gasteiger partial charge in [-0.1, -0.05) is 0 Å². The lowest BCUT2D eigenvalue weighted by Crippen LogP contribution is -2.35. The molecule has 0 saturated heterocycles. The first-order valence-corrected chi connectivity index (χ1v) is 5.54. The number of amides is 1. The smallest absolute Gasteiger partial charge is 0.271 e. The van der Waals surface area contributed by atoms with Crippen molar-refractivity contribution in [1.29, 1.82) is 0 Å². The Morgan fingerprint density at radius 2 is 2.33 bits per heavy atom. The number of nitrogens with zero attached hydrogens (tertiary/aromatic N) is 1. The maximum absolute atomic E-state index is 11.8. The van der Waals surface area contributed by atoms with Crippen LogP contribution < -0.4 is 10.9 Å². The Balaban J connectivity index is 1.94. The van der Waals surface area contributed by atoms with Crippen LogP contribution in [-0.2, 0) is 6.42 Å². The van der Waals surface area contributed by atoms with E-state index in [0.29, 0.717) is 6.42 Å². The minimum Gasteiger partial charge on any atom is -0.469 e. The number of hydrogen-bond donors (Lipinski definition) is 2. The van der Waals surface area contributed by atoms with Crippen molar-refractivity contribution in [3.63, 3.8) is 0 Å². The Morgan fingerprint density at radius 1 is 1.50 bits per heavy atom. The third-order valence-electron chi connectivity index (χ3n) is 2.38. The summed E-state index contributed by atoms with van der Waals surface area (Å²) in [5.41, 5.74) is -0.156. The molecule has 2 heterocycles. The van der Waals surface area contributed by atoms with Crippen LogP contribution in [0.1, 0.15) is 23.2 Å². The van der Waals surface area contributed by atoms with Crippen LogP contribution >= 0.6 is 0 Å². The number of carbonyl (C=O) groups excluding carboxylic acids is 1. The topological polar surface area (TPSA) is 88.0 Å². The molecular weight excluding hydrogens is 234 g/mol. The predicted molar refractivity (Wildman–Crippen MR) is 64.2 cm³/mol. The summed E-state index contributed by atoms with van der Waals surface area (Å²) in [6.07, 6.45) is 2.19. The fraction of sp³-hybridized carbons (Fsp3) is 0.250. The third kappa shape index (κ3) is 3.07. The van der Waals surface area contributed by atoms with Gasteiger partial charge in [-0.3, -0.25) is 9.59 Å². The summed E-state index contributed by atoms with van der Waals surface area (Å²) >= 11 is 0. The van der Waals surface area contributed by atoms with Crippen molar-refractivity contribution in [2.45, 2.75) is 19.4 Å². The second-order valence-electron chi connectivity index (χ2n) is 3.96. The average Bonchev–Trinajstić information content (AvgIpc) is 2.82. The van der Waals surface area contributed by atoms with Gasteiger partial charge in [0.25, 0.3) is 11.5 Å². The Morgan fingerprint density at radius 3 is 2.94 bits per heavy atom. The van der Waals surface area contributed by atoms with Crippen molar-refractivity contribution in [2.24, 2.45) is 0 Å². The molecule has 2 rings (SSSR count). The summed E-state index contributed by atoms with van der Waals surface area (Å²) < 4.78 is 5.19. The lowest BCUT2D eigenvalue weighted by atomic mass is 10.2. The first-order valence-electron chi connectivity index (χ1n) is 5.54. The molecule has 6 nitrogen and oxygen atoms in total. The molecule has 0 fully saturated rings. The molecule has 1 atom stereocenters. The highest BCUT2D eigenvalue weighted by Gasteiger charge is 2.12. The Hall–Kier alpha value is -2.37. The van der Waals surface area contributed by atoms with Gasteiger partial charge in [0.1, 0.15) is 11.5 Å². The molecule has 0 spiro atoms. The molecule has 0 aliphatic heterocycles. The van der Waals surface area contributed by atoms with Crippen molar-refractivity contribution in [3.8, 4) is 0 Å². The molecule has 0 radical (unpaired) electrons. The van der Waals surface area contributed by atoms with Crippen LogP contribution in [0.3, 0.4) is 0 Å². The zero-order chi connectivity index (χ0) is 13.0. The van der Waals surface area contributed by atoms with Gasteiger partial charge < -0.3 is 9.73 Å². The third-order valence-corrected chi connectivity index (χ3v) is 2.38. The second-order valence-corrected chi connectivity index (χ2v) is 3.96. The molecule has 0 aliphatic carbocycles. The number of aromatic amines is 1. The normalized spacial score (nSPS) is 12.1. The number of aromatic nitrogens is 2. The zero-order valence-corrected chi connectivity index (χ0v) is 9.84. The van der Waals surface area contributed by atoms with Crippen molar-refractivity contribution in [1.82, 2.24) is 15.5 Å². The fourth-order valence-electron chi connectivity index (χ4n) is 1.55. The molecule has 6 heteroatoms. The summed E-state index contributed by atoms with van der Waals surface area (Å²) in [5, 5.41) is 8.64. The van der Waals surface area contributed by atoms with Gasteiger partial charge in [-0.15, -0.1) is 0 Å². The van der Waals surface area contributed by atoms with E-state index in [1.807, 2.05) is 13.0 Å². The summed E-state index contributed by atoms with van der Waals surface area (Å²) in [5.74, 6) is 0.475. The van der Waals surface area contributed by atoms with Crippen molar-refractivity contribution < 1.29 is 9.21 Å². The highest BCUT2D eigenvalue weighted by Crippen LogP contribution is 2.04. The molecule has 2 N–H and O–H groups in total. The minimum absolute atomic E-state index is 0.0858. The predicted octanol–water partition coefficient (Wildman–Crippen LogP) is 0.724. The van der Waals surface area contributed by atoms with Crippen LogP contribution in [-0.4, -0.2) is 22.1 Å². The van der Waals surface area contributed by atoms with E-state index < -0.39 is 0 Å². The molecule has 0 bridgehead atoms. The summed E-state index contributed by atoms with van der Waals surface area (Å²) in [6.45, 7) is 1.87. The van der Waals surface area contributed by atoms with E-state index in [2.05, 4.69) is 15.5 Å². The Bertz CT molecular complexity index is 554. The van der Waals surface area contributed by atoms with E-state index in [4.69, 9.17) is 4.42 Å². The monoisotopic (exact) mass is 247 g/mol. The van der Waals surface area contributed by atoms with Crippen molar-refractivity contribution in [2.75, 3.05) is 0 Å². The fourth-order valence-corrected chi connectivity index (χ4v) is 1.55. The number of hydrogen-bond acceptors (Lipinski definition) is 4. The van der Waals surface area contributed by atoms with E-state index in [0.717, 1.165) is 5.76 Å². The Kier molecular flexibility index (Phi) is 3.57. The van der Waals surface area contributed by atoms with Crippen LogP contribution in [0.5, 0.6) is 0 Å². The first kappa shape index (κ1) is 12.1. The average molecular weight is 247 g/mol. The number of furan rings is 1. The van der Waals surface area contributed by atoms with Gasteiger partial charge in [0.05, 0.1) is 6.26 Å². The molecule has 94 valence electrons. The maximum Gasteiger partial charge on any atom is 0.271 e. The lowest BCUT2D eigenvalue weighted by molar-refractivity contribution is 0.0933. The van der Waals surface area contributed by atoms with Gasteiger partial charge in [-0.2, -0.15) is 5.10 Å². The van der Waals surface area contributed by atoms with Crippen LogP contribution in [0.2, 0.25) is 0 Å². The van der Waals surface area contributed by atoms with E-state index >= 15 is 0 Å². The van der Waals surface area contributed by atoms with Crippen molar-refractivity contribution in [3.05, 3.63) is 52.3 Å². The largest absolute Gasteiger partial charge is 0.469 e. The molecule has 18 heavy (non-hydrogen) atoms. The molecule has 0 aliphatic rings. The van der Waals surface area contributed by atoms with Gasteiger partial charge in [0.15, 0.2) is 0 Å². The minimum atomic E-state index is -0.338. The summed E-state index contributed by atoms with van der Waals surface area (Å²) in [6, 6.07) is 6.21. The van der Waals surface area contributed by atoms with E-state index in [9.17, 15) is 9.59 Å². The highest BCUT2D eigenvalue weighted by molar-refractivity contribution is 5.92. The first-order chi connectivity index (χ1) is 8.65. The van der Waals surface area contributed by atoms with Crippen LogP contribution in [0, 0.1) is 0 Å². The molecule has 1 amide bonds. The van der Waals surface area contributed by atoms with Crippen molar-refractivity contribution >= 4 is 5.91 Å². The van der Waals surface area contributed by atoms with Gasteiger partial charge in [0, 0.05) is 18.5 Å². The number of rotatable bonds is 4. The standard InChI is InChI=1S/C12H13N3O3/c1-8(7-9-3-2-6-18-9)13-12(17)10-4-5-11(16)15-14-10/h2-6,8H,7H2,1H3,(H,13,17)(H,15,16). The maximum atomic E-state index is 11.8. The molecule has 2 aromatic rings.